The van der Waals surface area contributed by atoms with Crippen LogP contribution in [-0.2, 0) is 0 Å². The molecule has 0 unspecified atom stereocenters. The van der Waals surface area contributed by atoms with E-state index in [9.17, 15) is 0 Å². The van der Waals surface area contributed by atoms with E-state index in [1.165, 1.54) is 0 Å². The first-order chi connectivity index (χ1) is 5.90. The van der Waals surface area contributed by atoms with Crippen LogP contribution in [0.15, 0.2) is 30.7 Å². The highest BCUT2D eigenvalue weighted by Gasteiger charge is 1.93. The molecule has 0 amide bonds. The van der Waals surface area contributed by atoms with Gasteiger partial charge in [0.25, 0.3) is 0 Å². The predicted molar refractivity (Wildman–Crippen MR) is 49.4 cm³/mol. The lowest BCUT2D eigenvalue weighted by molar-refractivity contribution is 1.15. The fraction of sp³-hybridized carbons (Fsp3) is 0.222. The van der Waals surface area contributed by atoms with Crippen molar-refractivity contribution in [3.63, 3.8) is 0 Å². The number of nitrogens with zero attached hydrogens (tertiary/aromatic N) is 2. The van der Waals surface area contributed by atoms with Crippen LogP contribution in [0.1, 0.15) is 6.92 Å². The fourth-order valence-electron chi connectivity index (χ4n) is 1.23. The highest BCUT2D eigenvalue weighted by molar-refractivity contribution is 5.49. The van der Waals surface area contributed by atoms with Crippen LogP contribution in [0.2, 0.25) is 0 Å². The lowest BCUT2D eigenvalue weighted by Crippen LogP contribution is -1.97. The van der Waals surface area contributed by atoms with E-state index in [4.69, 9.17) is 0 Å². The Morgan fingerprint density at radius 1 is 1.50 bits per heavy atom. The van der Waals surface area contributed by atoms with E-state index in [1.54, 1.807) is 6.20 Å². The summed E-state index contributed by atoms with van der Waals surface area (Å²) in [4.78, 5) is 4.16. The molecule has 0 radical (unpaired) electrons. The van der Waals surface area contributed by atoms with Crippen molar-refractivity contribution in [3.8, 4) is 0 Å². The van der Waals surface area contributed by atoms with Crippen LogP contribution < -0.4 is 5.32 Å². The standard InChI is InChI=1S/C9H11N3/c1-2-10-8-3-4-9-11-5-6-12(9)7-8/h3-7,10H,2H2,1H3. The third-order valence-electron chi connectivity index (χ3n) is 1.77. The zero-order valence-corrected chi connectivity index (χ0v) is 6.99. The Bertz CT molecular complexity index is 378. The molecule has 12 heavy (non-hydrogen) atoms. The number of hydrogen-bond donors (Lipinski definition) is 1. The molecule has 0 aliphatic rings. The average molecular weight is 161 g/mol. The van der Waals surface area contributed by atoms with Crippen molar-refractivity contribution in [1.82, 2.24) is 9.38 Å². The van der Waals surface area contributed by atoms with Gasteiger partial charge in [0.15, 0.2) is 0 Å². The quantitative estimate of drug-likeness (QED) is 0.727. The highest BCUT2D eigenvalue weighted by Crippen LogP contribution is 2.08. The van der Waals surface area contributed by atoms with Gasteiger partial charge in [-0.2, -0.15) is 0 Å². The van der Waals surface area contributed by atoms with Crippen molar-refractivity contribution >= 4 is 11.3 Å². The number of nitrogens with one attached hydrogen (secondary N) is 1. The van der Waals surface area contributed by atoms with E-state index in [-0.39, 0.29) is 0 Å². The normalized spacial score (nSPS) is 10.4. The summed E-state index contributed by atoms with van der Waals surface area (Å²) in [6.07, 6.45) is 5.77. The summed E-state index contributed by atoms with van der Waals surface area (Å²) in [6.45, 7) is 3.03. The number of pyridine rings is 1. The molecule has 0 atom stereocenters. The topological polar surface area (TPSA) is 29.3 Å². The Balaban J connectivity index is 2.46. The number of fused-ring (bicyclic) bond motifs is 1. The molecular weight excluding hydrogens is 150 g/mol. The smallest absolute Gasteiger partial charge is 0.136 e. The van der Waals surface area contributed by atoms with Gasteiger partial charge in [-0.05, 0) is 19.1 Å². The molecule has 2 heterocycles. The number of imidazole rings is 1. The van der Waals surface area contributed by atoms with Gasteiger partial charge < -0.3 is 9.72 Å². The first kappa shape index (κ1) is 7.16. The molecule has 2 aromatic heterocycles. The molecule has 0 saturated carbocycles. The Hall–Kier alpha value is -1.51. The summed E-state index contributed by atoms with van der Waals surface area (Å²) >= 11 is 0. The molecule has 2 aromatic rings. The first-order valence-corrected chi connectivity index (χ1v) is 4.07. The van der Waals surface area contributed by atoms with Crippen LogP contribution in [0, 0.1) is 0 Å². The zero-order valence-electron chi connectivity index (χ0n) is 6.99. The van der Waals surface area contributed by atoms with Gasteiger partial charge in [0, 0.05) is 25.1 Å². The largest absolute Gasteiger partial charge is 0.384 e. The van der Waals surface area contributed by atoms with Crippen molar-refractivity contribution in [2.75, 3.05) is 11.9 Å². The fourth-order valence-corrected chi connectivity index (χ4v) is 1.23. The first-order valence-electron chi connectivity index (χ1n) is 4.07. The molecule has 3 nitrogen and oxygen atoms in total. The van der Waals surface area contributed by atoms with E-state index in [0.29, 0.717) is 0 Å². The van der Waals surface area contributed by atoms with Crippen molar-refractivity contribution < 1.29 is 0 Å². The molecule has 0 aliphatic carbocycles. The van der Waals surface area contributed by atoms with E-state index >= 15 is 0 Å². The maximum atomic E-state index is 4.16. The number of aromatic nitrogens is 2. The molecule has 1 N–H and O–H groups in total. The molecule has 0 aliphatic heterocycles. The van der Waals surface area contributed by atoms with Crippen LogP contribution in [-0.4, -0.2) is 15.9 Å². The summed E-state index contributed by atoms with van der Waals surface area (Å²) in [6, 6.07) is 4.03. The molecule has 2 rings (SSSR count). The van der Waals surface area contributed by atoms with Gasteiger partial charge in [-0.3, -0.25) is 0 Å². The number of hydrogen-bond acceptors (Lipinski definition) is 2. The maximum absolute atomic E-state index is 4.16. The average Bonchev–Trinajstić information content (AvgIpc) is 2.51. The number of anilines is 1. The molecule has 0 bridgehead atoms. The van der Waals surface area contributed by atoms with E-state index in [0.717, 1.165) is 17.9 Å². The van der Waals surface area contributed by atoms with Gasteiger partial charge in [0.05, 0.1) is 5.69 Å². The SMILES string of the molecule is CCNc1ccc2nccn2c1. The minimum atomic E-state index is 0.945. The van der Waals surface area contributed by atoms with Gasteiger partial charge in [-0.15, -0.1) is 0 Å². The third-order valence-corrected chi connectivity index (χ3v) is 1.77. The van der Waals surface area contributed by atoms with E-state index in [2.05, 4.69) is 17.2 Å². The summed E-state index contributed by atoms with van der Waals surface area (Å²) < 4.78 is 2.00. The molecule has 62 valence electrons. The van der Waals surface area contributed by atoms with E-state index in [1.807, 2.05) is 28.9 Å². The molecule has 0 fully saturated rings. The summed E-state index contributed by atoms with van der Waals surface area (Å²) in [5, 5.41) is 3.24. The highest BCUT2D eigenvalue weighted by atomic mass is 15.0. The second-order valence-corrected chi connectivity index (χ2v) is 2.64. The lowest BCUT2D eigenvalue weighted by atomic mass is 10.4. The summed E-state index contributed by atoms with van der Waals surface area (Å²) in [7, 11) is 0. The van der Waals surface area contributed by atoms with Crippen molar-refractivity contribution in [2.45, 2.75) is 6.92 Å². The molecule has 0 aromatic carbocycles. The second-order valence-electron chi connectivity index (χ2n) is 2.64. The minimum Gasteiger partial charge on any atom is -0.384 e. The van der Waals surface area contributed by atoms with Crippen LogP contribution in [0.4, 0.5) is 5.69 Å². The van der Waals surface area contributed by atoms with Gasteiger partial charge in [-0.25, -0.2) is 4.98 Å². The zero-order chi connectivity index (χ0) is 8.39. The molecule has 3 heteroatoms. The van der Waals surface area contributed by atoms with Crippen molar-refractivity contribution in [1.29, 1.82) is 0 Å². The van der Waals surface area contributed by atoms with Gasteiger partial charge >= 0.3 is 0 Å². The summed E-state index contributed by atoms with van der Waals surface area (Å²) in [5.41, 5.74) is 2.11. The monoisotopic (exact) mass is 161 g/mol. The van der Waals surface area contributed by atoms with Crippen LogP contribution >= 0.6 is 0 Å². The van der Waals surface area contributed by atoms with Crippen molar-refractivity contribution in [3.05, 3.63) is 30.7 Å². The minimum absolute atomic E-state index is 0.945. The van der Waals surface area contributed by atoms with Crippen LogP contribution in [0.25, 0.3) is 5.65 Å². The van der Waals surface area contributed by atoms with Crippen molar-refractivity contribution in [2.24, 2.45) is 0 Å². The third kappa shape index (κ3) is 1.13. The van der Waals surface area contributed by atoms with Gasteiger partial charge in [0.2, 0.25) is 0 Å². The van der Waals surface area contributed by atoms with Gasteiger partial charge in [-0.1, -0.05) is 0 Å². The predicted octanol–water partition coefficient (Wildman–Crippen LogP) is 1.77. The Morgan fingerprint density at radius 2 is 2.42 bits per heavy atom. The lowest BCUT2D eigenvalue weighted by Gasteiger charge is -2.02. The van der Waals surface area contributed by atoms with Crippen LogP contribution in [0.5, 0.6) is 0 Å². The second kappa shape index (κ2) is 2.85. The Kier molecular flexibility index (Phi) is 1.70. The maximum Gasteiger partial charge on any atom is 0.136 e. The Labute approximate surface area is 71.0 Å². The van der Waals surface area contributed by atoms with Gasteiger partial charge in [0.1, 0.15) is 5.65 Å². The van der Waals surface area contributed by atoms with Crippen LogP contribution in [0.3, 0.4) is 0 Å². The molecule has 0 spiro atoms. The van der Waals surface area contributed by atoms with E-state index < -0.39 is 0 Å². The number of rotatable bonds is 2. The Morgan fingerprint density at radius 3 is 3.25 bits per heavy atom. The molecular formula is C9H11N3. The summed E-state index contributed by atoms with van der Waals surface area (Å²) in [5.74, 6) is 0. The molecule has 0 saturated heterocycles.